The van der Waals surface area contributed by atoms with Crippen LogP contribution in [0.5, 0.6) is 5.75 Å². The Labute approximate surface area is 146 Å². The number of methoxy groups -OCH3 is 1. The van der Waals surface area contributed by atoms with Crippen LogP contribution in [0, 0.1) is 11.8 Å². The lowest BCUT2D eigenvalue weighted by Crippen LogP contribution is -2.40. The summed E-state index contributed by atoms with van der Waals surface area (Å²) in [5.41, 5.74) is 1.17. The van der Waals surface area contributed by atoms with Gasteiger partial charge in [0.2, 0.25) is 5.91 Å². The van der Waals surface area contributed by atoms with E-state index in [1.165, 1.54) is 25.1 Å². The molecule has 0 spiro atoms. The molecule has 1 saturated heterocycles. The van der Waals surface area contributed by atoms with Gasteiger partial charge in [-0.2, -0.15) is 0 Å². The lowest BCUT2D eigenvalue weighted by molar-refractivity contribution is -0.121. The van der Waals surface area contributed by atoms with E-state index < -0.39 is 0 Å². The van der Waals surface area contributed by atoms with Crippen LogP contribution in [-0.4, -0.2) is 44.1 Å². The minimum absolute atomic E-state index is 0.145. The van der Waals surface area contributed by atoms with Crippen LogP contribution in [-0.2, 0) is 11.2 Å². The number of nitrogens with zero attached hydrogens (tertiary/aromatic N) is 1. The molecule has 4 nitrogen and oxygen atoms in total. The Hall–Kier alpha value is -1.55. The van der Waals surface area contributed by atoms with Gasteiger partial charge in [0.25, 0.3) is 0 Å². The summed E-state index contributed by atoms with van der Waals surface area (Å²) < 4.78 is 5.14. The Bertz CT molecular complexity index is 491. The molecule has 1 heterocycles. The lowest BCUT2D eigenvalue weighted by Gasteiger charge is -2.34. The van der Waals surface area contributed by atoms with Gasteiger partial charge in [-0.25, -0.2) is 0 Å². The van der Waals surface area contributed by atoms with E-state index in [0.717, 1.165) is 43.5 Å². The van der Waals surface area contributed by atoms with Crippen molar-refractivity contribution in [1.29, 1.82) is 0 Å². The summed E-state index contributed by atoms with van der Waals surface area (Å²) in [5, 5.41) is 3.05. The molecule has 1 N–H and O–H groups in total. The van der Waals surface area contributed by atoms with Gasteiger partial charge in [-0.1, -0.05) is 26.0 Å². The molecule has 2 rings (SSSR count). The smallest absolute Gasteiger partial charge is 0.220 e. The molecule has 2 atom stereocenters. The van der Waals surface area contributed by atoms with Crippen LogP contribution in [0.3, 0.4) is 0 Å². The van der Waals surface area contributed by atoms with E-state index in [1.807, 2.05) is 24.3 Å². The van der Waals surface area contributed by atoms with Gasteiger partial charge < -0.3 is 15.0 Å². The largest absolute Gasteiger partial charge is 0.497 e. The molecule has 24 heavy (non-hydrogen) atoms. The fraction of sp³-hybridized carbons (Fsp3) is 0.650. The minimum atomic E-state index is 0.145. The zero-order valence-corrected chi connectivity index (χ0v) is 15.4. The minimum Gasteiger partial charge on any atom is -0.497 e. The van der Waals surface area contributed by atoms with Crippen molar-refractivity contribution in [1.82, 2.24) is 10.2 Å². The Kier molecular flexibility index (Phi) is 7.57. The molecule has 0 saturated carbocycles. The van der Waals surface area contributed by atoms with Gasteiger partial charge in [-0.15, -0.1) is 0 Å². The summed E-state index contributed by atoms with van der Waals surface area (Å²) in [6.07, 6.45) is 3.70. The Morgan fingerprint density at radius 1 is 1.21 bits per heavy atom. The number of carbonyl (C=O) groups excluding carboxylic acids is 1. The molecule has 1 aromatic carbocycles. The maximum absolute atomic E-state index is 11.9. The van der Waals surface area contributed by atoms with Crippen LogP contribution < -0.4 is 10.1 Å². The summed E-state index contributed by atoms with van der Waals surface area (Å²) in [7, 11) is 1.66. The van der Waals surface area contributed by atoms with Crippen molar-refractivity contribution in [3.8, 4) is 5.75 Å². The second-order valence-electron chi connectivity index (χ2n) is 7.26. The number of aryl methyl sites for hydroxylation is 1. The summed E-state index contributed by atoms with van der Waals surface area (Å²) in [5.74, 6) is 2.59. The summed E-state index contributed by atoms with van der Waals surface area (Å²) >= 11 is 0. The van der Waals surface area contributed by atoms with E-state index in [4.69, 9.17) is 4.74 Å². The first-order chi connectivity index (χ1) is 11.6. The van der Waals surface area contributed by atoms with Crippen molar-refractivity contribution in [3.05, 3.63) is 29.8 Å². The molecule has 1 aliphatic heterocycles. The third-order valence-electron chi connectivity index (χ3n) is 4.72. The lowest BCUT2D eigenvalue weighted by atomic mass is 9.92. The molecular formula is C20H32N2O2. The molecule has 0 radical (unpaired) electrons. The Morgan fingerprint density at radius 2 is 1.88 bits per heavy atom. The van der Waals surface area contributed by atoms with Crippen molar-refractivity contribution < 1.29 is 9.53 Å². The van der Waals surface area contributed by atoms with E-state index in [0.29, 0.717) is 6.42 Å². The number of piperidine rings is 1. The highest BCUT2D eigenvalue weighted by Crippen LogP contribution is 2.20. The van der Waals surface area contributed by atoms with Gasteiger partial charge in [0.15, 0.2) is 0 Å². The van der Waals surface area contributed by atoms with E-state index in [9.17, 15) is 4.79 Å². The fourth-order valence-electron chi connectivity index (χ4n) is 3.64. The molecular weight excluding hydrogens is 300 g/mol. The average Bonchev–Trinajstić information content (AvgIpc) is 2.56. The van der Waals surface area contributed by atoms with Gasteiger partial charge in [0.05, 0.1) is 7.11 Å². The molecule has 0 unspecified atom stereocenters. The van der Waals surface area contributed by atoms with Crippen LogP contribution in [0.15, 0.2) is 24.3 Å². The standard InChI is InChI=1S/C20H32N2O2/c1-16-13-17(2)15-22(14-16)12-4-11-21-20(23)10-7-18-5-8-19(24-3)9-6-18/h5-6,8-9,16-17H,4,7,10-15H2,1-3H3,(H,21,23)/t16-,17-/m0/s1. The number of amides is 1. The van der Waals surface area contributed by atoms with Crippen LogP contribution in [0.1, 0.15) is 38.7 Å². The van der Waals surface area contributed by atoms with Crippen LogP contribution in [0.25, 0.3) is 0 Å². The fourth-order valence-corrected chi connectivity index (χ4v) is 3.64. The monoisotopic (exact) mass is 332 g/mol. The third kappa shape index (κ3) is 6.52. The average molecular weight is 332 g/mol. The first-order valence-corrected chi connectivity index (χ1v) is 9.18. The maximum atomic E-state index is 11.9. The van der Waals surface area contributed by atoms with Gasteiger partial charge in [0.1, 0.15) is 5.75 Å². The van der Waals surface area contributed by atoms with Crippen LogP contribution >= 0.6 is 0 Å². The number of carbonyl (C=O) groups is 1. The van der Waals surface area contributed by atoms with Crippen molar-refractivity contribution in [3.63, 3.8) is 0 Å². The van der Waals surface area contributed by atoms with Crippen LogP contribution in [0.4, 0.5) is 0 Å². The zero-order valence-electron chi connectivity index (χ0n) is 15.4. The number of ether oxygens (including phenoxy) is 1. The molecule has 0 aromatic heterocycles. The number of benzene rings is 1. The molecule has 1 aliphatic rings. The van der Waals surface area contributed by atoms with Gasteiger partial charge in [-0.05, 0) is 55.3 Å². The Morgan fingerprint density at radius 3 is 2.50 bits per heavy atom. The topological polar surface area (TPSA) is 41.6 Å². The Balaban J connectivity index is 1.57. The summed E-state index contributed by atoms with van der Waals surface area (Å²) in [6, 6.07) is 7.91. The maximum Gasteiger partial charge on any atom is 0.220 e. The quantitative estimate of drug-likeness (QED) is 0.744. The van der Waals surface area contributed by atoms with E-state index >= 15 is 0 Å². The number of nitrogens with one attached hydrogen (secondary N) is 1. The van der Waals surface area contributed by atoms with E-state index in [-0.39, 0.29) is 5.91 Å². The molecule has 4 heteroatoms. The SMILES string of the molecule is COc1ccc(CCC(=O)NCCCN2C[C@@H](C)C[C@H](C)C2)cc1. The van der Waals surface area contributed by atoms with Gasteiger partial charge in [0, 0.05) is 26.1 Å². The molecule has 0 aliphatic carbocycles. The molecule has 1 amide bonds. The molecule has 134 valence electrons. The van der Waals surface area contributed by atoms with Crippen molar-refractivity contribution in [2.24, 2.45) is 11.8 Å². The van der Waals surface area contributed by atoms with E-state index in [1.54, 1.807) is 7.11 Å². The number of likely N-dealkylation sites (tertiary alicyclic amines) is 1. The highest BCUT2D eigenvalue weighted by atomic mass is 16.5. The zero-order chi connectivity index (χ0) is 17.4. The second-order valence-corrected chi connectivity index (χ2v) is 7.26. The second kappa shape index (κ2) is 9.67. The normalized spacial score (nSPS) is 21.5. The van der Waals surface area contributed by atoms with Crippen molar-refractivity contribution in [2.75, 3.05) is 33.3 Å². The number of rotatable bonds is 8. The summed E-state index contributed by atoms with van der Waals surface area (Å²) in [6.45, 7) is 8.95. The van der Waals surface area contributed by atoms with Crippen molar-refractivity contribution >= 4 is 5.91 Å². The predicted molar refractivity (Wildman–Crippen MR) is 98.3 cm³/mol. The van der Waals surface area contributed by atoms with Crippen LogP contribution in [0.2, 0.25) is 0 Å². The molecule has 0 bridgehead atoms. The first kappa shape index (κ1) is 18.8. The van der Waals surface area contributed by atoms with Gasteiger partial charge >= 0.3 is 0 Å². The van der Waals surface area contributed by atoms with Crippen molar-refractivity contribution in [2.45, 2.75) is 39.5 Å². The van der Waals surface area contributed by atoms with E-state index in [2.05, 4.69) is 24.1 Å². The molecule has 1 aromatic rings. The first-order valence-electron chi connectivity index (χ1n) is 9.18. The predicted octanol–water partition coefficient (Wildman–Crippen LogP) is 3.11. The third-order valence-corrected chi connectivity index (χ3v) is 4.72. The number of hydrogen-bond donors (Lipinski definition) is 1. The highest BCUT2D eigenvalue weighted by Gasteiger charge is 2.20. The molecule has 1 fully saturated rings. The van der Waals surface area contributed by atoms with Gasteiger partial charge in [-0.3, -0.25) is 4.79 Å². The number of hydrogen-bond acceptors (Lipinski definition) is 3. The highest BCUT2D eigenvalue weighted by molar-refractivity contribution is 5.76. The summed E-state index contributed by atoms with van der Waals surface area (Å²) in [4.78, 5) is 14.5.